The van der Waals surface area contributed by atoms with E-state index in [-0.39, 0.29) is 11.5 Å². The van der Waals surface area contributed by atoms with Crippen LogP contribution < -0.4 is 0 Å². The normalized spacial score (nSPS) is 19.4. The van der Waals surface area contributed by atoms with Gasteiger partial charge in [0.25, 0.3) is 0 Å². The van der Waals surface area contributed by atoms with E-state index in [1.54, 1.807) is 0 Å². The van der Waals surface area contributed by atoms with Crippen molar-refractivity contribution in [2.45, 2.75) is 26.4 Å². The van der Waals surface area contributed by atoms with Crippen molar-refractivity contribution in [2.24, 2.45) is 5.41 Å². The first kappa shape index (κ1) is 16.4. The fourth-order valence-corrected chi connectivity index (χ4v) is 2.12. The quantitative estimate of drug-likeness (QED) is 0.731. The standard InChI is InChI=1S/C14H27N3O2/c1-14(2,12-15)4-5-16(3)10-13(18)11-17-6-8-19-9-7-17/h13,18H,4-11H2,1-3H3. The molecule has 0 saturated carbocycles. The second-order valence-electron chi connectivity index (χ2n) is 6.07. The summed E-state index contributed by atoms with van der Waals surface area (Å²) in [4.78, 5) is 4.34. The van der Waals surface area contributed by atoms with Gasteiger partial charge in [0.15, 0.2) is 0 Å². The van der Waals surface area contributed by atoms with Crippen molar-refractivity contribution in [3.63, 3.8) is 0 Å². The molecular weight excluding hydrogens is 242 g/mol. The third-order valence-electron chi connectivity index (χ3n) is 3.52. The summed E-state index contributed by atoms with van der Waals surface area (Å²) in [6, 6.07) is 2.30. The van der Waals surface area contributed by atoms with Crippen molar-refractivity contribution < 1.29 is 9.84 Å². The molecule has 0 bridgehead atoms. The maximum Gasteiger partial charge on any atom is 0.0793 e. The predicted molar refractivity (Wildman–Crippen MR) is 74.8 cm³/mol. The first-order valence-corrected chi connectivity index (χ1v) is 7.01. The summed E-state index contributed by atoms with van der Waals surface area (Å²) in [5, 5.41) is 19.0. The van der Waals surface area contributed by atoms with E-state index in [2.05, 4.69) is 15.9 Å². The third-order valence-corrected chi connectivity index (χ3v) is 3.52. The van der Waals surface area contributed by atoms with Gasteiger partial charge in [-0.25, -0.2) is 0 Å². The summed E-state index contributed by atoms with van der Waals surface area (Å²) >= 11 is 0. The number of nitrogens with zero attached hydrogens (tertiary/aromatic N) is 3. The Hall–Kier alpha value is -0.670. The van der Waals surface area contributed by atoms with Gasteiger partial charge in [0.05, 0.1) is 30.8 Å². The molecule has 1 saturated heterocycles. The number of ether oxygens (including phenoxy) is 1. The fourth-order valence-electron chi connectivity index (χ4n) is 2.12. The average molecular weight is 269 g/mol. The molecule has 1 fully saturated rings. The largest absolute Gasteiger partial charge is 0.390 e. The van der Waals surface area contributed by atoms with Gasteiger partial charge in [0, 0.05) is 26.2 Å². The van der Waals surface area contributed by atoms with E-state index in [0.29, 0.717) is 13.1 Å². The SMILES string of the molecule is CN(CCC(C)(C)C#N)CC(O)CN1CCOCC1. The van der Waals surface area contributed by atoms with Gasteiger partial charge in [-0.15, -0.1) is 0 Å². The lowest BCUT2D eigenvalue weighted by atomic mass is 9.91. The van der Waals surface area contributed by atoms with Crippen molar-refractivity contribution in [1.82, 2.24) is 9.80 Å². The molecule has 1 N–H and O–H groups in total. The highest BCUT2D eigenvalue weighted by atomic mass is 16.5. The van der Waals surface area contributed by atoms with Crippen molar-refractivity contribution in [1.29, 1.82) is 5.26 Å². The number of rotatable bonds is 7. The van der Waals surface area contributed by atoms with Gasteiger partial charge in [-0.05, 0) is 33.9 Å². The Labute approximate surface area is 116 Å². The van der Waals surface area contributed by atoms with Gasteiger partial charge >= 0.3 is 0 Å². The van der Waals surface area contributed by atoms with Crippen molar-refractivity contribution in [2.75, 3.05) is 53.0 Å². The number of hydrogen-bond acceptors (Lipinski definition) is 5. The molecule has 1 atom stereocenters. The average Bonchev–Trinajstić information content (AvgIpc) is 2.37. The van der Waals surface area contributed by atoms with E-state index in [1.807, 2.05) is 20.9 Å². The maximum absolute atomic E-state index is 10.1. The monoisotopic (exact) mass is 269 g/mol. The van der Waals surface area contributed by atoms with E-state index < -0.39 is 0 Å². The summed E-state index contributed by atoms with van der Waals surface area (Å²) in [7, 11) is 2.00. The minimum atomic E-state index is -0.340. The van der Waals surface area contributed by atoms with E-state index in [9.17, 15) is 5.11 Å². The Bertz CT molecular complexity index is 296. The molecule has 1 heterocycles. The number of likely N-dealkylation sites (N-methyl/N-ethyl adjacent to an activating group) is 1. The molecule has 0 radical (unpaired) electrons. The molecular formula is C14H27N3O2. The van der Waals surface area contributed by atoms with Crippen molar-refractivity contribution >= 4 is 0 Å². The zero-order valence-electron chi connectivity index (χ0n) is 12.4. The molecule has 19 heavy (non-hydrogen) atoms. The Kier molecular flexibility index (Phi) is 6.73. The number of nitriles is 1. The number of aliphatic hydroxyl groups is 1. The molecule has 1 unspecified atom stereocenters. The second kappa shape index (κ2) is 7.81. The highest BCUT2D eigenvalue weighted by Gasteiger charge is 2.19. The van der Waals surface area contributed by atoms with Gasteiger partial charge in [-0.3, -0.25) is 4.90 Å². The number of β-amino-alcohol motifs (C(OH)–C–C–N with tert-alkyl or cyclic N) is 1. The molecule has 1 rings (SSSR count). The minimum Gasteiger partial charge on any atom is -0.390 e. The lowest BCUT2D eigenvalue weighted by Crippen LogP contribution is -2.44. The Balaban J connectivity index is 2.20. The molecule has 110 valence electrons. The van der Waals surface area contributed by atoms with E-state index >= 15 is 0 Å². The van der Waals surface area contributed by atoms with Gasteiger partial charge in [0.2, 0.25) is 0 Å². The molecule has 0 aliphatic carbocycles. The summed E-state index contributed by atoms with van der Waals surface area (Å²) < 4.78 is 5.29. The zero-order valence-corrected chi connectivity index (χ0v) is 12.4. The summed E-state index contributed by atoms with van der Waals surface area (Å²) in [6.45, 7) is 9.42. The van der Waals surface area contributed by atoms with Crippen LogP contribution in [-0.4, -0.2) is 74.0 Å². The first-order valence-electron chi connectivity index (χ1n) is 7.01. The first-order chi connectivity index (χ1) is 8.93. The number of aliphatic hydroxyl groups excluding tert-OH is 1. The molecule has 0 aromatic carbocycles. The molecule has 1 aliphatic rings. The van der Waals surface area contributed by atoms with Crippen LogP contribution in [0.5, 0.6) is 0 Å². The van der Waals surface area contributed by atoms with Crippen LogP contribution in [0.4, 0.5) is 0 Å². The van der Waals surface area contributed by atoms with E-state index in [4.69, 9.17) is 10.00 Å². The van der Waals surface area contributed by atoms with Crippen LogP contribution >= 0.6 is 0 Å². The van der Waals surface area contributed by atoms with Crippen LogP contribution in [0.3, 0.4) is 0 Å². The Morgan fingerprint density at radius 2 is 2.05 bits per heavy atom. The van der Waals surface area contributed by atoms with Crippen molar-refractivity contribution in [3.05, 3.63) is 0 Å². The Morgan fingerprint density at radius 1 is 1.42 bits per heavy atom. The molecule has 5 nitrogen and oxygen atoms in total. The molecule has 0 amide bonds. The lowest BCUT2D eigenvalue weighted by molar-refractivity contribution is 0.00833. The van der Waals surface area contributed by atoms with Crippen LogP contribution in [0.15, 0.2) is 0 Å². The van der Waals surface area contributed by atoms with Crippen molar-refractivity contribution in [3.8, 4) is 6.07 Å². The molecule has 0 aromatic rings. The van der Waals surface area contributed by atoms with Crippen LogP contribution in [0, 0.1) is 16.7 Å². The summed E-state index contributed by atoms with van der Waals surface area (Å²) in [5.41, 5.74) is -0.288. The lowest BCUT2D eigenvalue weighted by Gasteiger charge is -2.30. The maximum atomic E-state index is 10.1. The second-order valence-corrected chi connectivity index (χ2v) is 6.07. The minimum absolute atomic E-state index is 0.288. The van der Waals surface area contributed by atoms with E-state index in [1.165, 1.54) is 0 Å². The number of morpholine rings is 1. The van der Waals surface area contributed by atoms with Gasteiger partial charge in [-0.2, -0.15) is 5.26 Å². The van der Waals surface area contributed by atoms with Crippen LogP contribution in [-0.2, 0) is 4.74 Å². The van der Waals surface area contributed by atoms with Gasteiger partial charge < -0.3 is 14.7 Å². The molecule has 0 spiro atoms. The summed E-state index contributed by atoms with van der Waals surface area (Å²) in [5.74, 6) is 0. The zero-order chi connectivity index (χ0) is 14.3. The smallest absolute Gasteiger partial charge is 0.0793 e. The van der Waals surface area contributed by atoms with Crippen LogP contribution in [0.1, 0.15) is 20.3 Å². The Morgan fingerprint density at radius 3 is 2.63 bits per heavy atom. The van der Waals surface area contributed by atoms with Gasteiger partial charge in [-0.1, -0.05) is 0 Å². The molecule has 5 heteroatoms. The highest BCUT2D eigenvalue weighted by molar-refractivity contribution is 4.92. The molecule has 0 aromatic heterocycles. The molecule has 1 aliphatic heterocycles. The van der Waals surface area contributed by atoms with Crippen LogP contribution in [0.25, 0.3) is 0 Å². The van der Waals surface area contributed by atoms with Gasteiger partial charge in [0.1, 0.15) is 0 Å². The highest BCUT2D eigenvalue weighted by Crippen LogP contribution is 2.18. The third kappa shape index (κ3) is 6.88. The van der Waals surface area contributed by atoms with E-state index in [0.717, 1.165) is 39.3 Å². The topological polar surface area (TPSA) is 59.7 Å². The fraction of sp³-hybridized carbons (Fsp3) is 0.929. The van der Waals surface area contributed by atoms with Crippen LogP contribution in [0.2, 0.25) is 0 Å². The number of hydrogen-bond donors (Lipinski definition) is 1. The predicted octanol–water partition coefficient (Wildman–Crippen LogP) is 0.551. The summed E-state index contributed by atoms with van der Waals surface area (Å²) in [6.07, 6.45) is 0.484.